The summed E-state index contributed by atoms with van der Waals surface area (Å²) in [5.41, 5.74) is 0.414. The van der Waals surface area contributed by atoms with E-state index in [1.54, 1.807) is 0 Å². The predicted molar refractivity (Wildman–Crippen MR) is 65.6 cm³/mol. The van der Waals surface area contributed by atoms with E-state index in [0.29, 0.717) is 11.5 Å². The second-order valence-corrected chi connectivity index (χ2v) is 4.67. The van der Waals surface area contributed by atoms with Crippen molar-refractivity contribution in [2.24, 2.45) is 5.41 Å². The Bertz CT molecular complexity index is 149. The zero-order valence-corrected chi connectivity index (χ0v) is 10.4. The minimum Gasteiger partial charge on any atom is -0.314 e. The quantitative estimate of drug-likeness (QED) is 0.461. The number of unbranched alkanes of at least 4 members (excludes halogenated alkanes) is 1. The highest BCUT2D eigenvalue weighted by Gasteiger charge is 2.25. The van der Waals surface area contributed by atoms with E-state index in [0.717, 1.165) is 13.0 Å². The van der Waals surface area contributed by atoms with Crippen LogP contribution in [0.5, 0.6) is 0 Å². The summed E-state index contributed by atoms with van der Waals surface area (Å²) in [4.78, 5) is 0. The van der Waals surface area contributed by atoms with Crippen molar-refractivity contribution in [3.8, 4) is 0 Å². The Kier molecular flexibility index (Phi) is 6.90. The summed E-state index contributed by atoms with van der Waals surface area (Å²) in [7, 11) is 0. The Hall–Kier alpha value is -0.300. The van der Waals surface area contributed by atoms with Crippen molar-refractivity contribution < 1.29 is 0 Å². The van der Waals surface area contributed by atoms with E-state index >= 15 is 0 Å². The Balaban J connectivity index is 4.06. The topological polar surface area (TPSA) is 12.0 Å². The van der Waals surface area contributed by atoms with Crippen LogP contribution in [0.4, 0.5) is 0 Å². The highest BCUT2D eigenvalue weighted by Crippen LogP contribution is 2.27. The van der Waals surface area contributed by atoms with E-state index in [-0.39, 0.29) is 0 Å². The van der Waals surface area contributed by atoms with Crippen LogP contribution in [0, 0.1) is 5.41 Å². The van der Waals surface area contributed by atoms with Crippen LogP contribution in [0.3, 0.4) is 0 Å². The zero-order chi connectivity index (χ0) is 11.0. The van der Waals surface area contributed by atoms with Crippen molar-refractivity contribution in [1.82, 2.24) is 5.32 Å². The van der Waals surface area contributed by atoms with E-state index in [4.69, 9.17) is 0 Å². The maximum atomic E-state index is 3.77. The van der Waals surface area contributed by atoms with Gasteiger partial charge in [-0.05, 0) is 37.6 Å². The molecule has 14 heavy (non-hydrogen) atoms. The van der Waals surface area contributed by atoms with Crippen molar-refractivity contribution in [3.05, 3.63) is 12.7 Å². The minimum atomic E-state index is 0.414. The van der Waals surface area contributed by atoms with Gasteiger partial charge in [-0.2, -0.15) is 0 Å². The van der Waals surface area contributed by atoms with Gasteiger partial charge in [-0.3, -0.25) is 0 Å². The van der Waals surface area contributed by atoms with Gasteiger partial charge < -0.3 is 5.32 Å². The normalized spacial score (nSPS) is 14.0. The Morgan fingerprint density at radius 1 is 1.36 bits per heavy atom. The molecule has 0 rings (SSSR count). The summed E-state index contributed by atoms with van der Waals surface area (Å²) in [5, 5.41) is 3.60. The first-order valence-electron chi connectivity index (χ1n) is 5.92. The zero-order valence-electron chi connectivity index (χ0n) is 10.4. The third-order valence-corrected chi connectivity index (χ3v) is 3.21. The van der Waals surface area contributed by atoms with Gasteiger partial charge in [0, 0.05) is 6.04 Å². The van der Waals surface area contributed by atoms with Crippen molar-refractivity contribution >= 4 is 0 Å². The van der Waals surface area contributed by atoms with Gasteiger partial charge in [-0.1, -0.05) is 33.8 Å². The molecule has 1 unspecified atom stereocenters. The second-order valence-electron chi connectivity index (χ2n) is 4.67. The molecule has 1 atom stereocenters. The lowest BCUT2D eigenvalue weighted by atomic mass is 9.79. The summed E-state index contributed by atoms with van der Waals surface area (Å²) < 4.78 is 0. The fraction of sp³-hybridized carbons (Fsp3) is 0.846. The average molecular weight is 197 g/mol. The first-order valence-corrected chi connectivity index (χ1v) is 5.92. The number of hydrogen-bond acceptors (Lipinski definition) is 1. The summed E-state index contributed by atoms with van der Waals surface area (Å²) in [5.74, 6) is 0. The molecule has 0 spiro atoms. The maximum Gasteiger partial charge on any atom is 0.0118 e. The molecule has 0 bridgehead atoms. The molecule has 0 radical (unpaired) electrons. The monoisotopic (exact) mass is 197 g/mol. The van der Waals surface area contributed by atoms with Crippen LogP contribution in [0.15, 0.2) is 12.7 Å². The van der Waals surface area contributed by atoms with Crippen molar-refractivity contribution in [3.63, 3.8) is 0 Å². The lowest BCUT2D eigenvalue weighted by Gasteiger charge is -2.34. The molecule has 0 heterocycles. The maximum absolute atomic E-state index is 3.77. The second kappa shape index (κ2) is 7.05. The first-order chi connectivity index (χ1) is 6.58. The molecular weight excluding hydrogens is 170 g/mol. The molecule has 0 aromatic rings. The van der Waals surface area contributed by atoms with Gasteiger partial charge in [-0.15, -0.1) is 6.58 Å². The lowest BCUT2D eigenvalue weighted by molar-refractivity contribution is 0.220. The van der Waals surface area contributed by atoms with Crippen molar-refractivity contribution in [2.75, 3.05) is 6.54 Å². The summed E-state index contributed by atoms with van der Waals surface area (Å²) in [6, 6.07) is 0.650. The van der Waals surface area contributed by atoms with Crippen LogP contribution < -0.4 is 5.32 Å². The van der Waals surface area contributed by atoms with Crippen molar-refractivity contribution in [2.45, 2.75) is 59.4 Å². The van der Waals surface area contributed by atoms with Gasteiger partial charge in [0.1, 0.15) is 0 Å². The van der Waals surface area contributed by atoms with Gasteiger partial charge in [0.15, 0.2) is 0 Å². The molecule has 1 N–H and O–H groups in total. The molecule has 0 aliphatic rings. The minimum absolute atomic E-state index is 0.414. The Morgan fingerprint density at radius 2 is 2.00 bits per heavy atom. The average Bonchev–Trinajstić information content (AvgIpc) is 2.17. The summed E-state index contributed by atoms with van der Waals surface area (Å²) >= 11 is 0. The van der Waals surface area contributed by atoms with Crippen molar-refractivity contribution in [1.29, 1.82) is 0 Å². The first kappa shape index (κ1) is 13.7. The number of allylic oxidation sites excluding steroid dienone is 1. The number of nitrogens with one attached hydrogen (secondary N) is 1. The van der Waals surface area contributed by atoms with Gasteiger partial charge >= 0.3 is 0 Å². The molecular formula is C13H27N. The molecule has 84 valence electrons. The smallest absolute Gasteiger partial charge is 0.0118 e. The Labute approximate surface area is 90.0 Å². The standard InChI is InChI=1S/C13H27N/c1-6-9-10-11-12(14-8-3)13(4,5)7-2/h6,12,14H,1,7-11H2,2-5H3. The van der Waals surface area contributed by atoms with E-state index in [1.165, 1.54) is 19.3 Å². The Morgan fingerprint density at radius 3 is 2.43 bits per heavy atom. The van der Waals surface area contributed by atoms with E-state index in [1.807, 2.05) is 6.08 Å². The molecule has 0 aromatic carbocycles. The molecule has 1 nitrogen and oxygen atoms in total. The molecule has 0 aliphatic heterocycles. The highest BCUT2D eigenvalue weighted by molar-refractivity contribution is 4.83. The predicted octanol–water partition coefficient (Wildman–Crippen LogP) is 3.76. The van der Waals surface area contributed by atoms with E-state index in [9.17, 15) is 0 Å². The van der Waals surface area contributed by atoms with Crippen LogP contribution in [0.25, 0.3) is 0 Å². The van der Waals surface area contributed by atoms with Crippen LogP contribution in [-0.2, 0) is 0 Å². The molecule has 0 aliphatic carbocycles. The fourth-order valence-electron chi connectivity index (χ4n) is 1.73. The van der Waals surface area contributed by atoms with Crippen LogP contribution in [-0.4, -0.2) is 12.6 Å². The molecule has 0 saturated heterocycles. The third kappa shape index (κ3) is 4.80. The molecule has 1 heteroatoms. The van der Waals surface area contributed by atoms with Crippen LogP contribution in [0.1, 0.15) is 53.4 Å². The van der Waals surface area contributed by atoms with Gasteiger partial charge in [0.25, 0.3) is 0 Å². The van der Waals surface area contributed by atoms with Crippen LogP contribution in [0.2, 0.25) is 0 Å². The SMILES string of the molecule is C=CCCCC(NCC)C(C)(C)CC. The van der Waals surface area contributed by atoms with Crippen LogP contribution >= 0.6 is 0 Å². The third-order valence-electron chi connectivity index (χ3n) is 3.21. The van der Waals surface area contributed by atoms with Gasteiger partial charge in [0.2, 0.25) is 0 Å². The lowest BCUT2D eigenvalue weighted by Crippen LogP contribution is -2.41. The molecule has 0 aromatic heterocycles. The number of hydrogen-bond donors (Lipinski definition) is 1. The van der Waals surface area contributed by atoms with Gasteiger partial charge in [0.05, 0.1) is 0 Å². The molecule has 0 fully saturated rings. The summed E-state index contributed by atoms with van der Waals surface area (Å²) in [6.45, 7) is 14.0. The number of rotatable bonds is 8. The van der Waals surface area contributed by atoms with Gasteiger partial charge in [-0.25, -0.2) is 0 Å². The molecule has 0 amide bonds. The largest absolute Gasteiger partial charge is 0.314 e. The fourth-order valence-corrected chi connectivity index (χ4v) is 1.73. The van der Waals surface area contributed by atoms with E-state index in [2.05, 4.69) is 39.6 Å². The summed E-state index contributed by atoms with van der Waals surface area (Å²) in [6.07, 6.45) is 6.91. The van der Waals surface area contributed by atoms with E-state index < -0.39 is 0 Å². The molecule has 0 saturated carbocycles. The highest BCUT2D eigenvalue weighted by atomic mass is 14.9.